The van der Waals surface area contributed by atoms with Crippen molar-refractivity contribution in [2.75, 3.05) is 0 Å². The second-order valence-corrected chi connectivity index (χ2v) is 6.35. The van der Waals surface area contributed by atoms with Gasteiger partial charge in [0.25, 0.3) is 0 Å². The van der Waals surface area contributed by atoms with Gasteiger partial charge in [-0.05, 0) is 41.9 Å². The van der Waals surface area contributed by atoms with E-state index < -0.39 is 0 Å². The van der Waals surface area contributed by atoms with Crippen LogP contribution in [0.4, 0.5) is 0 Å². The van der Waals surface area contributed by atoms with Gasteiger partial charge in [-0.1, -0.05) is 29.8 Å². The van der Waals surface area contributed by atoms with E-state index in [0.29, 0.717) is 6.04 Å². The molecule has 1 rings (SSSR count). The summed E-state index contributed by atoms with van der Waals surface area (Å²) in [5.74, 6) is 0.927. The van der Waals surface area contributed by atoms with Crippen molar-refractivity contribution >= 4 is 31.9 Å². The first-order chi connectivity index (χ1) is 7.90. The Labute approximate surface area is 120 Å². The van der Waals surface area contributed by atoms with Crippen LogP contribution >= 0.6 is 31.9 Å². The van der Waals surface area contributed by atoms with Gasteiger partial charge in [-0.2, -0.15) is 0 Å². The number of nitrogens with one attached hydrogen (secondary N) is 1. The second kappa shape index (κ2) is 6.76. The van der Waals surface area contributed by atoms with Crippen LogP contribution in [0.2, 0.25) is 0 Å². The summed E-state index contributed by atoms with van der Waals surface area (Å²) in [6, 6.07) is 4.56. The maximum absolute atomic E-state index is 5.86. The highest BCUT2D eigenvalue weighted by Gasteiger charge is 2.11. The van der Waals surface area contributed by atoms with E-state index in [1.807, 2.05) is 19.9 Å². The Kier molecular flexibility index (Phi) is 5.97. The molecule has 0 radical (unpaired) electrons. The smallest absolute Gasteiger partial charge is 0.138 e. The molecule has 0 aliphatic carbocycles. The maximum Gasteiger partial charge on any atom is 0.138 e. The topological polar surface area (TPSA) is 21.3 Å². The Morgan fingerprint density at radius 2 is 1.82 bits per heavy atom. The van der Waals surface area contributed by atoms with Gasteiger partial charge in [0.15, 0.2) is 0 Å². The maximum atomic E-state index is 5.86. The summed E-state index contributed by atoms with van der Waals surface area (Å²) < 4.78 is 7.90. The lowest BCUT2D eigenvalue weighted by atomic mass is 10.2. The van der Waals surface area contributed by atoms with Gasteiger partial charge in [0.2, 0.25) is 0 Å². The van der Waals surface area contributed by atoms with Crippen molar-refractivity contribution in [2.45, 2.75) is 46.4 Å². The molecule has 0 saturated heterocycles. The molecule has 0 unspecified atom stereocenters. The van der Waals surface area contributed by atoms with Gasteiger partial charge in [-0.3, -0.25) is 0 Å². The molecule has 0 saturated carbocycles. The normalized spacial score (nSPS) is 11.3. The molecule has 0 heterocycles. The van der Waals surface area contributed by atoms with Crippen LogP contribution in [0.3, 0.4) is 0 Å². The van der Waals surface area contributed by atoms with Crippen molar-refractivity contribution in [3.63, 3.8) is 0 Å². The molecular weight excluding hydrogens is 346 g/mol. The third kappa shape index (κ3) is 4.98. The lowest BCUT2D eigenvalue weighted by Crippen LogP contribution is -2.22. The van der Waals surface area contributed by atoms with Crippen LogP contribution in [0, 0.1) is 0 Å². The number of benzene rings is 1. The lowest BCUT2D eigenvalue weighted by molar-refractivity contribution is 0.237. The van der Waals surface area contributed by atoms with Gasteiger partial charge in [-0.25, -0.2) is 0 Å². The van der Waals surface area contributed by atoms with Crippen LogP contribution < -0.4 is 10.1 Å². The van der Waals surface area contributed by atoms with E-state index in [2.05, 4.69) is 57.1 Å². The summed E-state index contributed by atoms with van der Waals surface area (Å²) >= 11 is 7.06. The molecule has 4 heteroatoms. The summed E-state index contributed by atoms with van der Waals surface area (Å²) in [4.78, 5) is 0. The number of hydrogen-bond donors (Lipinski definition) is 1. The molecule has 0 bridgehead atoms. The first-order valence-corrected chi connectivity index (χ1v) is 7.36. The van der Waals surface area contributed by atoms with Crippen molar-refractivity contribution in [2.24, 2.45) is 0 Å². The van der Waals surface area contributed by atoms with Crippen LogP contribution in [-0.2, 0) is 6.54 Å². The van der Waals surface area contributed by atoms with Gasteiger partial charge < -0.3 is 10.1 Å². The van der Waals surface area contributed by atoms with Gasteiger partial charge >= 0.3 is 0 Å². The van der Waals surface area contributed by atoms with Crippen LogP contribution in [0.15, 0.2) is 21.1 Å². The lowest BCUT2D eigenvalue weighted by Gasteiger charge is -2.18. The standard InChI is InChI=1S/C13H19Br2NO/c1-8(2)16-7-10-5-11(14)6-12(15)13(10)17-9(3)4/h5-6,8-9,16H,7H2,1-4H3. The zero-order chi connectivity index (χ0) is 13.0. The van der Waals surface area contributed by atoms with Crippen LogP contribution in [-0.4, -0.2) is 12.1 Å². The summed E-state index contributed by atoms with van der Waals surface area (Å²) in [6.45, 7) is 9.14. The molecule has 0 aliphatic rings. The largest absolute Gasteiger partial charge is 0.489 e. The summed E-state index contributed by atoms with van der Waals surface area (Å²) in [6.07, 6.45) is 0.172. The van der Waals surface area contributed by atoms with E-state index in [4.69, 9.17) is 4.74 Å². The molecule has 96 valence electrons. The second-order valence-electron chi connectivity index (χ2n) is 4.58. The summed E-state index contributed by atoms with van der Waals surface area (Å²) in [5, 5.41) is 3.41. The van der Waals surface area contributed by atoms with Crippen molar-refractivity contribution in [1.82, 2.24) is 5.32 Å². The highest BCUT2D eigenvalue weighted by molar-refractivity contribution is 9.11. The molecule has 1 N–H and O–H groups in total. The van der Waals surface area contributed by atoms with Crippen LogP contribution in [0.25, 0.3) is 0 Å². The van der Waals surface area contributed by atoms with E-state index in [0.717, 1.165) is 26.8 Å². The number of halogens is 2. The molecular formula is C13H19Br2NO. The fourth-order valence-corrected chi connectivity index (χ4v) is 2.83. The third-order valence-corrected chi connectivity index (χ3v) is 3.19. The van der Waals surface area contributed by atoms with E-state index in [1.54, 1.807) is 0 Å². The Hall–Kier alpha value is -0.0600. The van der Waals surface area contributed by atoms with E-state index >= 15 is 0 Å². The van der Waals surface area contributed by atoms with Gasteiger partial charge in [0, 0.05) is 22.6 Å². The molecule has 1 aromatic carbocycles. The van der Waals surface area contributed by atoms with E-state index in [1.165, 1.54) is 0 Å². The van der Waals surface area contributed by atoms with Crippen molar-refractivity contribution in [3.05, 3.63) is 26.6 Å². The van der Waals surface area contributed by atoms with Crippen LogP contribution in [0.1, 0.15) is 33.3 Å². The van der Waals surface area contributed by atoms with Crippen molar-refractivity contribution in [3.8, 4) is 5.75 Å². The molecule has 0 atom stereocenters. The fraction of sp³-hybridized carbons (Fsp3) is 0.538. The minimum absolute atomic E-state index is 0.172. The van der Waals surface area contributed by atoms with Gasteiger partial charge in [-0.15, -0.1) is 0 Å². The molecule has 0 fully saturated rings. The Balaban J connectivity index is 2.98. The van der Waals surface area contributed by atoms with E-state index in [9.17, 15) is 0 Å². The summed E-state index contributed by atoms with van der Waals surface area (Å²) in [5.41, 5.74) is 1.16. The molecule has 0 spiro atoms. The minimum atomic E-state index is 0.172. The van der Waals surface area contributed by atoms with Gasteiger partial charge in [0.05, 0.1) is 10.6 Å². The minimum Gasteiger partial charge on any atom is -0.489 e. The predicted molar refractivity (Wildman–Crippen MR) is 79.6 cm³/mol. The number of rotatable bonds is 5. The zero-order valence-electron chi connectivity index (χ0n) is 10.7. The SMILES string of the molecule is CC(C)NCc1cc(Br)cc(Br)c1OC(C)C. The monoisotopic (exact) mass is 363 g/mol. The quantitative estimate of drug-likeness (QED) is 0.830. The molecule has 1 aromatic rings. The van der Waals surface area contributed by atoms with Crippen molar-refractivity contribution < 1.29 is 4.74 Å². The Morgan fingerprint density at radius 3 is 2.35 bits per heavy atom. The highest BCUT2D eigenvalue weighted by Crippen LogP contribution is 2.33. The van der Waals surface area contributed by atoms with Crippen LogP contribution in [0.5, 0.6) is 5.75 Å². The Morgan fingerprint density at radius 1 is 1.18 bits per heavy atom. The third-order valence-electron chi connectivity index (χ3n) is 2.14. The molecule has 0 aliphatic heterocycles. The first-order valence-electron chi connectivity index (χ1n) is 5.78. The number of hydrogen-bond acceptors (Lipinski definition) is 2. The predicted octanol–water partition coefficient (Wildman–Crippen LogP) is 4.50. The molecule has 2 nitrogen and oxygen atoms in total. The molecule has 17 heavy (non-hydrogen) atoms. The molecule has 0 aromatic heterocycles. The average molecular weight is 365 g/mol. The van der Waals surface area contributed by atoms with Crippen molar-refractivity contribution in [1.29, 1.82) is 0 Å². The Bertz CT molecular complexity index is 378. The summed E-state index contributed by atoms with van der Waals surface area (Å²) in [7, 11) is 0. The highest BCUT2D eigenvalue weighted by atomic mass is 79.9. The number of ether oxygens (including phenoxy) is 1. The zero-order valence-corrected chi connectivity index (χ0v) is 13.9. The van der Waals surface area contributed by atoms with E-state index in [-0.39, 0.29) is 6.10 Å². The van der Waals surface area contributed by atoms with Gasteiger partial charge in [0.1, 0.15) is 5.75 Å². The average Bonchev–Trinajstić information content (AvgIpc) is 2.18. The molecule has 0 amide bonds. The fourth-order valence-electron chi connectivity index (χ4n) is 1.43. The first kappa shape index (κ1) is 15.0.